The summed E-state index contributed by atoms with van der Waals surface area (Å²) in [6.45, 7) is 0.700. The molecule has 0 aliphatic carbocycles. The summed E-state index contributed by atoms with van der Waals surface area (Å²) in [6, 6.07) is 2.53. The predicted octanol–water partition coefficient (Wildman–Crippen LogP) is 1.14. The highest BCUT2D eigenvalue weighted by Crippen LogP contribution is 2.32. The molecule has 0 spiro atoms. The number of thiophene rings is 1. The lowest BCUT2D eigenvalue weighted by Gasteiger charge is -2.22. The summed E-state index contributed by atoms with van der Waals surface area (Å²) >= 11 is 1.46. The molecule has 2 rings (SSSR count). The lowest BCUT2D eigenvalue weighted by atomic mass is 10.0. The smallest absolute Gasteiger partial charge is 0.134 e. The van der Waals surface area contributed by atoms with Crippen molar-refractivity contribution in [2.45, 2.75) is 12.5 Å². The molecule has 3 nitrogen and oxygen atoms in total. The van der Waals surface area contributed by atoms with Gasteiger partial charge in [-0.05, 0) is 13.5 Å². The van der Waals surface area contributed by atoms with Gasteiger partial charge in [0.25, 0.3) is 0 Å². The van der Waals surface area contributed by atoms with Gasteiger partial charge in [-0.3, -0.25) is 0 Å². The van der Waals surface area contributed by atoms with Gasteiger partial charge in [0, 0.05) is 17.0 Å². The Balaban J connectivity index is 2.31. The molecule has 0 radical (unpaired) electrons. The first-order valence-electron chi connectivity index (χ1n) is 4.15. The normalized spacial score (nSPS) is 20.2. The van der Waals surface area contributed by atoms with Gasteiger partial charge in [-0.1, -0.05) is 0 Å². The van der Waals surface area contributed by atoms with Gasteiger partial charge in [0.15, 0.2) is 0 Å². The molecule has 0 amide bonds. The monoisotopic (exact) mass is 194 g/mol. The van der Waals surface area contributed by atoms with Crippen molar-refractivity contribution in [2.75, 3.05) is 13.7 Å². The van der Waals surface area contributed by atoms with Crippen molar-refractivity contribution in [1.29, 1.82) is 5.26 Å². The molecule has 0 saturated carbocycles. The summed E-state index contributed by atoms with van der Waals surface area (Å²) in [5.74, 6) is 0.896. The highest BCUT2D eigenvalue weighted by Gasteiger charge is 2.22. The van der Waals surface area contributed by atoms with E-state index in [-0.39, 0.29) is 0 Å². The Kier molecular flexibility index (Phi) is 2.21. The van der Waals surface area contributed by atoms with Crippen LogP contribution in [0.5, 0.6) is 5.75 Å². The Morgan fingerprint density at radius 1 is 1.77 bits per heavy atom. The lowest BCUT2D eigenvalue weighted by molar-refractivity contribution is 0.247. The van der Waals surface area contributed by atoms with Crippen molar-refractivity contribution in [1.82, 2.24) is 5.32 Å². The molecule has 0 aromatic carbocycles. The first-order valence-corrected chi connectivity index (χ1v) is 5.03. The number of nitriles is 1. The third kappa shape index (κ3) is 1.41. The van der Waals surface area contributed by atoms with Gasteiger partial charge in [0.2, 0.25) is 0 Å². The van der Waals surface area contributed by atoms with E-state index in [0.717, 1.165) is 22.6 Å². The maximum atomic E-state index is 8.83. The molecule has 2 heterocycles. The SMILES string of the molecule is CNC1COc2csc(C#N)c2C1. The van der Waals surface area contributed by atoms with E-state index >= 15 is 0 Å². The predicted molar refractivity (Wildman–Crippen MR) is 51.1 cm³/mol. The Labute approximate surface area is 80.9 Å². The molecule has 4 heteroatoms. The standard InChI is InChI=1S/C9H10N2OS/c1-11-6-2-7-8(12-4-6)5-13-9(7)3-10/h5-6,11H,2,4H2,1H3. The number of hydrogen-bond donors (Lipinski definition) is 1. The average Bonchev–Trinajstić information content (AvgIpc) is 2.59. The fourth-order valence-electron chi connectivity index (χ4n) is 1.46. The van der Waals surface area contributed by atoms with Gasteiger partial charge in [-0.2, -0.15) is 5.26 Å². The molecule has 1 atom stereocenters. The minimum absolute atomic E-state index is 0.342. The largest absolute Gasteiger partial charge is 0.491 e. The number of fused-ring (bicyclic) bond motifs is 1. The molecule has 1 aliphatic rings. The first-order chi connectivity index (χ1) is 6.35. The van der Waals surface area contributed by atoms with E-state index in [1.54, 1.807) is 0 Å². The van der Waals surface area contributed by atoms with Crippen LogP contribution in [0.1, 0.15) is 10.4 Å². The van der Waals surface area contributed by atoms with Crippen LogP contribution >= 0.6 is 11.3 Å². The zero-order valence-electron chi connectivity index (χ0n) is 7.33. The van der Waals surface area contributed by atoms with E-state index in [0.29, 0.717) is 12.6 Å². The topological polar surface area (TPSA) is 45.0 Å². The third-order valence-corrected chi connectivity index (χ3v) is 3.16. The highest BCUT2D eigenvalue weighted by atomic mass is 32.1. The number of ether oxygens (including phenoxy) is 1. The van der Waals surface area contributed by atoms with E-state index < -0.39 is 0 Å². The van der Waals surface area contributed by atoms with Crippen LogP contribution in [0.25, 0.3) is 0 Å². The summed E-state index contributed by atoms with van der Waals surface area (Å²) in [5, 5.41) is 13.9. The molecule has 1 aromatic rings. The zero-order valence-corrected chi connectivity index (χ0v) is 8.15. The molecule has 68 valence electrons. The Morgan fingerprint density at radius 2 is 2.62 bits per heavy atom. The summed E-state index contributed by atoms with van der Waals surface area (Å²) in [5.41, 5.74) is 1.07. The van der Waals surface area contributed by atoms with Crippen molar-refractivity contribution in [3.63, 3.8) is 0 Å². The summed E-state index contributed by atoms with van der Waals surface area (Å²) in [6.07, 6.45) is 0.901. The van der Waals surface area contributed by atoms with Gasteiger partial charge >= 0.3 is 0 Å². The van der Waals surface area contributed by atoms with Crippen LogP contribution < -0.4 is 10.1 Å². The molecule has 1 N–H and O–H groups in total. The lowest BCUT2D eigenvalue weighted by Crippen LogP contribution is -2.36. The number of nitrogens with one attached hydrogen (secondary N) is 1. The highest BCUT2D eigenvalue weighted by molar-refractivity contribution is 7.11. The van der Waals surface area contributed by atoms with Crippen LogP contribution in [0.2, 0.25) is 0 Å². The quantitative estimate of drug-likeness (QED) is 0.729. The minimum Gasteiger partial charge on any atom is -0.491 e. The van der Waals surface area contributed by atoms with Crippen molar-refractivity contribution < 1.29 is 4.74 Å². The fraction of sp³-hybridized carbons (Fsp3) is 0.444. The van der Waals surface area contributed by atoms with Crippen molar-refractivity contribution in [3.05, 3.63) is 15.8 Å². The second-order valence-electron chi connectivity index (χ2n) is 3.02. The van der Waals surface area contributed by atoms with E-state index in [1.807, 2.05) is 12.4 Å². The summed E-state index contributed by atoms with van der Waals surface area (Å²) < 4.78 is 5.51. The maximum absolute atomic E-state index is 8.83. The minimum atomic E-state index is 0.342. The zero-order chi connectivity index (χ0) is 9.26. The molecular formula is C9H10N2OS. The molecule has 1 unspecified atom stereocenters. The number of likely N-dealkylation sites (N-methyl/N-ethyl adjacent to an activating group) is 1. The third-order valence-electron chi connectivity index (χ3n) is 2.26. The van der Waals surface area contributed by atoms with Crippen LogP contribution in [0, 0.1) is 11.3 Å². The second-order valence-corrected chi connectivity index (χ2v) is 3.90. The molecule has 0 saturated heterocycles. The molecule has 0 bridgehead atoms. The van der Waals surface area contributed by atoms with Crippen molar-refractivity contribution in [2.24, 2.45) is 0 Å². The Morgan fingerprint density at radius 3 is 3.31 bits per heavy atom. The van der Waals surface area contributed by atoms with E-state index in [9.17, 15) is 0 Å². The summed E-state index contributed by atoms with van der Waals surface area (Å²) in [4.78, 5) is 0.787. The second kappa shape index (κ2) is 3.36. The number of hydrogen-bond acceptors (Lipinski definition) is 4. The molecule has 13 heavy (non-hydrogen) atoms. The van der Waals surface area contributed by atoms with Crippen LogP contribution in [-0.4, -0.2) is 19.7 Å². The molecular weight excluding hydrogens is 184 g/mol. The number of rotatable bonds is 1. The average molecular weight is 194 g/mol. The van der Waals surface area contributed by atoms with Crippen LogP contribution in [0.4, 0.5) is 0 Å². The van der Waals surface area contributed by atoms with E-state index in [4.69, 9.17) is 10.00 Å². The van der Waals surface area contributed by atoms with Crippen molar-refractivity contribution >= 4 is 11.3 Å². The van der Waals surface area contributed by atoms with Gasteiger partial charge < -0.3 is 10.1 Å². The maximum Gasteiger partial charge on any atom is 0.134 e. The molecule has 1 aliphatic heterocycles. The van der Waals surface area contributed by atoms with Crippen LogP contribution in [-0.2, 0) is 6.42 Å². The van der Waals surface area contributed by atoms with Crippen molar-refractivity contribution in [3.8, 4) is 11.8 Å². The Bertz CT molecular complexity index is 353. The number of nitrogens with zero attached hydrogens (tertiary/aromatic N) is 1. The van der Waals surface area contributed by atoms with Gasteiger partial charge in [0.05, 0.1) is 0 Å². The van der Waals surface area contributed by atoms with E-state index in [2.05, 4.69) is 11.4 Å². The van der Waals surface area contributed by atoms with Crippen LogP contribution in [0.15, 0.2) is 5.38 Å². The van der Waals surface area contributed by atoms with Gasteiger partial charge in [-0.15, -0.1) is 11.3 Å². The summed E-state index contributed by atoms with van der Waals surface area (Å²) in [7, 11) is 1.91. The van der Waals surface area contributed by atoms with Gasteiger partial charge in [0.1, 0.15) is 23.3 Å². The fourth-order valence-corrected chi connectivity index (χ4v) is 2.27. The first kappa shape index (κ1) is 8.54. The molecule has 1 aromatic heterocycles. The molecule has 0 fully saturated rings. The Hall–Kier alpha value is -1.05. The van der Waals surface area contributed by atoms with Crippen LogP contribution in [0.3, 0.4) is 0 Å². The van der Waals surface area contributed by atoms with Gasteiger partial charge in [-0.25, -0.2) is 0 Å². The van der Waals surface area contributed by atoms with E-state index in [1.165, 1.54) is 11.3 Å².